The summed E-state index contributed by atoms with van der Waals surface area (Å²) in [6.45, 7) is 3.28. The zero-order valence-corrected chi connectivity index (χ0v) is 31.3. The minimum absolute atomic E-state index is 0.297. The number of amides is 2. The predicted molar refractivity (Wildman–Crippen MR) is 213 cm³/mol. The second kappa shape index (κ2) is 12.4. The number of aryl methyl sites for hydroxylation is 4. The van der Waals surface area contributed by atoms with Crippen LogP contribution in [0.4, 0.5) is 13.4 Å². The van der Waals surface area contributed by atoms with Crippen molar-refractivity contribution in [3.63, 3.8) is 0 Å². The molecular formula is C45H36BF2N6O. The Kier molecular flexibility index (Phi) is 7.69. The third-order valence-corrected chi connectivity index (χ3v) is 10.8. The van der Waals surface area contributed by atoms with Gasteiger partial charge in [0.05, 0.1) is 0 Å². The van der Waals surface area contributed by atoms with Gasteiger partial charge in [0.1, 0.15) is 14.1 Å². The summed E-state index contributed by atoms with van der Waals surface area (Å²) in [5.74, 6) is 0.462. The van der Waals surface area contributed by atoms with E-state index in [2.05, 4.69) is 58.4 Å². The number of aromatic nitrogens is 2. The highest BCUT2D eigenvalue weighted by Crippen LogP contribution is 2.40. The minimum atomic E-state index is -4.04. The molecule has 10 heteroatoms. The zero-order valence-electron chi connectivity index (χ0n) is 31.3. The Bertz CT molecular complexity index is 3130. The average Bonchev–Trinajstić information content (AvgIpc) is 3.66. The lowest BCUT2D eigenvalue weighted by Crippen LogP contribution is -2.49. The van der Waals surface area contributed by atoms with E-state index in [0.29, 0.717) is 28.6 Å². The molecule has 9 rings (SSSR count). The Labute approximate surface area is 315 Å². The van der Waals surface area contributed by atoms with Crippen LogP contribution in [0.3, 0.4) is 0 Å². The monoisotopic (exact) mass is 725 g/mol. The van der Waals surface area contributed by atoms with E-state index in [1.165, 1.54) is 18.7 Å². The van der Waals surface area contributed by atoms with Crippen molar-refractivity contribution in [1.29, 1.82) is 0 Å². The van der Waals surface area contributed by atoms with Crippen molar-refractivity contribution in [2.45, 2.75) is 27.7 Å². The van der Waals surface area contributed by atoms with E-state index in [0.717, 1.165) is 69.6 Å². The Morgan fingerprint density at radius 1 is 0.655 bits per heavy atom. The molecule has 0 aliphatic carbocycles. The van der Waals surface area contributed by atoms with Gasteiger partial charge in [-0.2, -0.15) is 4.79 Å². The smallest absolute Gasteiger partial charge is 0.444 e. The number of urea groups is 1. The van der Waals surface area contributed by atoms with Gasteiger partial charge in [0.15, 0.2) is 0 Å². The second-order valence-electron chi connectivity index (χ2n) is 14.4. The maximum atomic E-state index is 16.2. The van der Waals surface area contributed by atoms with Crippen molar-refractivity contribution in [1.82, 2.24) is 19.4 Å². The van der Waals surface area contributed by atoms with Gasteiger partial charge in [-0.3, -0.25) is 0 Å². The van der Waals surface area contributed by atoms with E-state index in [9.17, 15) is 4.79 Å². The van der Waals surface area contributed by atoms with Crippen molar-refractivity contribution in [3.05, 3.63) is 174 Å². The van der Waals surface area contributed by atoms with Crippen LogP contribution in [0.2, 0.25) is 0 Å². The van der Waals surface area contributed by atoms with Crippen LogP contribution >= 0.6 is 0 Å². The molecule has 0 atom stereocenters. The first-order valence-corrected chi connectivity index (χ1v) is 18.2. The molecule has 0 bridgehead atoms. The zero-order chi connectivity index (χ0) is 38.3. The van der Waals surface area contributed by atoms with Gasteiger partial charge in [-0.1, -0.05) is 117 Å². The number of azo groups is 2. The van der Waals surface area contributed by atoms with Gasteiger partial charge in [-0.05, 0) is 112 Å². The van der Waals surface area contributed by atoms with Crippen LogP contribution in [-0.2, 0) is 0 Å². The highest BCUT2D eigenvalue weighted by Gasteiger charge is 2.42. The van der Waals surface area contributed by atoms with Crippen molar-refractivity contribution in [2.24, 2.45) is 5.11 Å². The van der Waals surface area contributed by atoms with Crippen LogP contribution in [0.25, 0.3) is 44.4 Å². The quantitative estimate of drug-likeness (QED) is 0.104. The molecule has 2 aliphatic heterocycles. The van der Waals surface area contributed by atoms with Gasteiger partial charge < -0.3 is 17.6 Å². The molecule has 2 amide bonds. The standard InChI is InChI=1S/C45H36BF2N6O/c1-27-25-29(3)53-42(27)41(43-28(2)26-30(4)54(43)46(53,47)48)33-18-15-31(16-19-33)17-24-37-35-11-7-9-13-38(35)40(39-14-10-8-12-36(37)39)32-20-22-34(23-21-32)44-49-51(5)45(55)52(6)50-44/h7-16,18-23,25-26H,1-6H3. The summed E-state index contributed by atoms with van der Waals surface area (Å²) in [6.07, 6.45) is 0. The molecule has 0 saturated heterocycles. The van der Waals surface area contributed by atoms with E-state index >= 15 is 8.63 Å². The minimum Gasteiger partial charge on any atom is -0.444 e. The molecular weight excluding hydrogens is 689 g/mol. The van der Waals surface area contributed by atoms with Gasteiger partial charge in [-0.25, -0.2) is 0 Å². The lowest BCUT2D eigenvalue weighted by atomic mass is 9.86. The van der Waals surface area contributed by atoms with E-state index < -0.39 is 6.97 Å². The summed E-state index contributed by atoms with van der Waals surface area (Å²) in [5, 5.41) is 15.4. The number of benzene rings is 5. The van der Waals surface area contributed by atoms with E-state index in [-0.39, 0.29) is 6.03 Å². The van der Waals surface area contributed by atoms with E-state index in [1.807, 2.05) is 86.6 Å². The molecule has 1 radical (unpaired) electrons. The van der Waals surface area contributed by atoms with Crippen LogP contribution in [0.15, 0.2) is 114 Å². The maximum absolute atomic E-state index is 16.2. The van der Waals surface area contributed by atoms with Crippen molar-refractivity contribution >= 4 is 57.4 Å². The Morgan fingerprint density at radius 3 is 1.67 bits per heavy atom. The SMILES string of the molecule is Cc1cc(C)n2c1C(=c1ccc(=C=C=c3c4ccccc4c(=c4ccc(=C5[N]N(C)C(=O)[N+](C)=N5)cc4)c4ccccc34)cc1)c1c(C)cc(C)n1[B-]2(F)F. The summed E-state index contributed by atoms with van der Waals surface area (Å²) >= 11 is 0. The molecule has 7 nitrogen and oxygen atoms in total. The topological polar surface area (TPSA) is 59.6 Å². The maximum Gasteiger partial charge on any atom is 0.539 e. The molecule has 0 N–H and O–H groups in total. The van der Waals surface area contributed by atoms with Gasteiger partial charge in [0.2, 0.25) is 5.82 Å². The van der Waals surface area contributed by atoms with Crippen molar-refractivity contribution in [3.8, 4) is 0 Å². The van der Waals surface area contributed by atoms with Crippen LogP contribution in [0, 0.1) is 38.1 Å². The average molecular weight is 726 g/mol. The highest BCUT2D eigenvalue weighted by atomic mass is 19.2. The van der Waals surface area contributed by atoms with Crippen LogP contribution in [0.1, 0.15) is 33.9 Å². The summed E-state index contributed by atoms with van der Waals surface area (Å²) in [6, 6.07) is 36.1. The van der Waals surface area contributed by atoms with Crippen LogP contribution in [0.5, 0.6) is 0 Å². The molecule has 0 spiro atoms. The number of carbonyl (C=O) groups excluding carboxylic acids is 1. The Morgan fingerprint density at radius 2 is 1.15 bits per heavy atom. The molecule has 2 aliphatic rings. The molecule has 7 aromatic rings. The Hall–Kier alpha value is -6.73. The summed E-state index contributed by atoms with van der Waals surface area (Å²) in [4.78, 5) is 12.2. The fourth-order valence-electron chi connectivity index (χ4n) is 8.50. The fourth-order valence-corrected chi connectivity index (χ4v) is 8.50. The molecule has 2 aromatic heterocycles. The molecule has 5 aromatic carbocycles. The molecule has 4 heterocycles. The van der Waals surface area contributed by atoms with E-state index in [1.54, 1.807) is 27.9 Å². The van der Waals surface area contributed by atoms with Crippen molar-refractivity contribution < 1.29 is 18.1 Å². The van der Waals surface area contributed by atoms with Gasteiger partial charge in [-0.15, -0.1) is 0 Å². The first kappa shape index (κ1) is 34.1. The summed E-state index contributed by atoms with van der Waals surface area (Å²) < 4.78 is 36.1. The van der Waals surface area contributed by atoms with Gasteiger partial charge >= 0.3 is 13.0 Å². The number of rotatable bonds is 0. The first-order valence-electron chi connectivity index (χ1n) is 18.2. The summed E-state index contributed by atoms with van der Waals surface area (Å²) in [7, 11) is 3.23. The molecule has 0 fully saturated rings. The van der Waals surface area contributed by atoms with Crippen LogP contribution in [-0.4, -0.2) is 45.8 Å². The molecule has 0 saturated carbocycles. The molecule has 0 unspecified atom stereocenters. The number of hydrogen-bond donors (Lipinski definition) is 0. The highest BCUT2D eigenvalue weighted by molar-refractivity contribution is 6.64. The lowest BCUT2D eigenvalue weighted by molar-refractivity contribution is -0.477. The third-order valence-electron chi connectivity index (χ3n) is 10.8. The normalized spacial score (nSPS) is 14.7. The van der Waals surface area contributed by atoms with Gasteiger partial charge in [0, 0.05) is 32.6 Å². The van der Waals surface area contributed by atoms with E-state index in [4.69, 9.17) is 0 Å². The number of fused-ring (bicyclic) bond motifs is 4. The molecule has 55 heavy (non-hydrogen) atoms. The third kappa shape index (κ3) is 5.22. The Balaban J connectivity index is 1.30. The number of nitrogens with zero attached hydrogens (tertiary/aromatic N) is 6. The van der Waals surface area contributed by atoms with Gasteiger partial charge in [0.25, 0.3) is 0 Å². The first-order chi connectivity index (χ1) is 26.4. The fraction of sp³-hybridized carbons (Fsp3) is 0.133. The van der Waals surface area contributed by atoms with Crippen LogP contribution < -0.4 is 26.3 Å². The lowest BCUT2D eigenvalue weighted by Gasteiger charge is -2.41. The number of hydrogen-bond acceptors (Lipinski definition) is 2. The van der Waals surface area contributed by atoms with Crippen molar-refractivity contribution in [2.75, 3.05) is 14.1 Å². The largest absolute Gasteiger partial charge is 0.539 e. The number of halogens is 2. The molecule has 269 valence electrons. The second-order valence-corrected chi connectivity index (χ2v) is 14.4. The number of carbonyl (C=O) groups is 1. The summed E-state index contributed by atoms with van der Waals surface area (Å²) in [5.41, 5.74) is 16.0. The predicted octanol–water partition coefficient (Wildman–Crippen LogP) is 6.21.